The first-order valence-corrected chi connectivity index (χ1v) is 8.56. The monoisotopic (exact) mass is 451 g/mol. The second-order valence-electron chi connectivity index (χ2n) is 6.25. The zero-order valence-electron chi connectivity index (χ0n) is 15.8. The number of nitrogens with zero attached hydrogens (tertiary/aromatic N) is 3. The molecule has 2 N–H and O–H groups in total. The molecule has 0 spiro atoms. The van der Waals surface area contributed by atoms with Crippen LogP contribution in [0.2, 0.25) is 0 Å². The van der Waals surface area contributed by atoms with Crippen molar-refractivity contribution in [2.24, 2.45) is 10.9 Å². The maximum absolute atomic E-state index is 5.56. The minimum absolute atomic E-state index is 0. The largest absolute Gasteiger partial charge is 0.381 e. The molecule has 140 valence electrons. The van der Waals surface area contributed by atoms with Crippen LogP contribution in [0, 0.1) is 19.8 Å². The van der Waals surface area contributed by atoms with Gasteiger partial charge in [-0.15, -0.1) is 24.0 Å². The predicted octanol–water partition coefficient (Wildman–Crippen LogP) is 2.74. The second-order valence-corrected chi connectivity index (χ2v) is 6.25. The number of ether oxygens (including phenoxy) is 1. The summed E-state index contributed by atoms with van der Waals surface area (Å²) in [7, 11) is 1.80. The molecule has 1 heterocycles. The number of rotatable bonds is 10. The average Bonchev–Trinajstić information content (AvgIpc) is 2.82. The highest BCUT2D eigenvalue weighted by Gasteiger charge is 2.01. The summed E-state index contributed by atoms with van der Waals surface area (Å²) in [6.45, 7) is 12.7. The Morgan fingerprint density at radius 3 is 2.46 bits per heavy atom. The molecule has 0 amide bonds. The highest BCUT2D eigenvalue weighted by molar-refractivity contribution is 14.0. The van der Waals surface area contributed by atoms with Crippen molar-refractivity contribution in [3.63, 3.8) is 0 Å². The van der Waals surface area contributed by atoms with Crippen LogP contribution in [0.15, 0.2) is 11.1 Å². The van der Waals surface area contributed by atoms with Crippen LogP contribution >= 0.6 is 24.0 Å². The number of aliphatic imine (C=N–C) groups is 1. The van der Waals surface area contributed by atoms with Gasteiger partial charge in [0.05, 0.1) is 5.69 Å². The van der Waals surface area contributed by atoms with E-state index in [2.05, 4.69) is 52.2 Å². The van der Waals surface area contributed by atoms with Crippen LogP contribution in [-0.2, 0) is 11.3 Å². The lowest BCUT2D eigenvalue weighted by atomic mass is 10.2. The maximum Gasteiger partial charge on any atom is 0.190 e. The lowest BCUT2D eigenvalue weighted by Crippen LogP contribution is -2.38. The Balaban J connectivity index is 0.00000529. The van der Waals surface area contributed by atoms with Gasteiger partial charge in [-0.2, -0.15) is 5.10 Å². The van der Waals surface area contributed by atoms with Crippen molar-refractivity contribution in [2.75, 3.05) is 33.4 Å². The number of aromatic nitrogens is 2. The molecule has 0 atom stereocenters. The molecule has 0 unspecified atom stereocenters. The molecule has 1 rings (SSSR count). The fourth-order valence-electron chi connectivity index (χ4n) is 2.26. The zero-order chi connectivity index (χ0) is 17.1. The van der Waals surface area contributed by atoms with E-state index in [0.29, 0.717) is 5.92 Å². The molecular weight excluding hydrogens is 417 g/mol. The number of hydrogen-bond donors (Lipinski definition) is 2. The minimum Gasteiger partial charge on any atom is -0.381 e. The van der Waals surface area contributed by atoms with E-state index in [-0.39, 0.29) is 24.0 Å². The Morgan fingerprint density at radius 1 is 1.25 bits per heavy atom. The summed E-state index contributed by atoms with van der Waals surface area (Å²) in [5.41, 5.74) is 2.29. The molecule has 6 nitrogen and oxygen atoms in total. The highest BCUT2D eigenvalue weighted by atomic mass is 127. The second kappa shape index (κ2) is 13.5. The lowest BCUT2D eigenvalue weighted by Gasteiger charge is -2.12. The molecule has 24 heavy (non-hydrogen) atoms. The molecule has 0 saturated carbocycles. The standard InChI is InChI=1S/C17H33N5O.HI/c1-14(2)13-23-11-7-9-20-17(18-5)19-8-6-10-22-16(4)12-15(3)21-22;/h12,14H,6-11,13H2,1-5H3,(H2,18,19,20);1H. The van der Waals surface area contributed by atoms with E-state index in [0.717, 1.165) is 57.3 Å². The first-order chi connectivity index (χ1) is 11.0. The summed E-state index contributed by atoms with van der Waals surface area (Å²) in [4.78, 5) is 4.23. The Labute approximate surface area is 163 Å². The number of nitrogens with one attached hydrogen (secondary N) is 2. The van der Waals surface area contributed by atoms with Crippen LogP contribution in [0.25, 0.3) is 0 Å². The summed E-state index contributed by atoms with van der Waals surface area (Å²) in [5.74, 6) is 1.45. The Hall–Kier alpha value is -0.830. The summed E-state index contributed by atoms with van der Waals surface area (Å²) in [5, 5.41) is 11.1. The van der Waals surface area contributed by atoms with Gasteiger partial charge < -0.3 is 15.4 Å². The van der Waals surface area contributed by atoms with E-state index in [1.165, 1.54) is 5.69 Å². The van der Waals surface area contributed by atoms with Crippen LogP contribution in [-0.4, -0.2) is 49.1 Å². The first-order valence-electron chi connectivity index (χ1n) is 8.56. The van der Waals surface area contributed by atoms with E-state index in [9.17, 15) is 0 Å². The van der Waals surface area contributed by atoms with Crippen molar-refractivity contribution >= 4 is 29.9 Å². The summed E-state index contributed by atoms with van der Waals surface area (Å²) in [6.07, 6.45) is 2.00. The summed E-state index contributed by atoms with van der Waals surface area (Å²) >= 11 is 0. The van der Waals surface area contributed by atoms with Crippen molar-refractivity contribution in [2.45, 2.75) is 47.1 Å². The molecule has 0 bridgehead atoms. The third-order valence-corrected chi connectivity index (χ3v) is 3.38. The van der Waals surface area contributed by atoms with E-state index in [1.807, 2.05) is 6.92 Å². The Bertz CT molecular complexity index is 474. The van der Waals surface area contributed by atoms with Crippen LogP contribution in [0.1, 0.15) is 38.1 Å². The van der Waals surface area contributed by atoms with Crippen LogP contribution < -0.4 is 10.6 Å². The molecule has 0 radical (unpaired) electrons. The smallest absolute Gasteiger partial charge is 0.190 e. The van der Waals surface area contributed by atoms with Gasteiger partial charge in [-0.25, -0.2) is 0 Å². The topological polar surface area (TPSA) is 63.5 Å². The number of aryl methyl sites for hydroxylation is 3. The van der Waals surface area contributed by atoms with Crippen molar-refractivity contribution in [3.05, 3.63) is 17.5 Å². The van der Waals surface area contributed by atoms with E-state index >= 15 is 0 Å². The van der Waals surface area contributed by atoms with Crippen LogP contribution in [0.3, 0.4) is 0 Å². The van der Waals surface area contributed by atoms with E-state index in [4.69, 9.17) is 4.74 Å². The van der Waals surface area contributed by atoms with Gasteiger partial charge in [-0.3, -0.25) is 9.67 Å². The number of hydrogen-bond acceptors (Lipinski definition) is 3. The number of guanidine groups is 1. The van der Waals surface area contributed by atoms with Crippen molar-refractivity contribution in [1.29, 1.82) is 0 Å². The fourth-order valence-corrected chi connectivity index (χ4v) is 2.26. The van der Waals surface area contributed by atoms with Gasteiger partial charge in [-0.1, -0.05) is 13.8 Å². The van der Waals surface area contributed by atoms with Crippen molar-refractivity contribution < 1.29 is 4.74 Å². The Morgan fingerprint density at radius 2 is 1.92 bits per heavy atom. The molecule has 0 aliphatic carbocycles. The van der Waals surface area contributed by atoms with Crippen molar-refractivity contribution in [1.82, 2.24) is 20.4 Å². The highest BCUT2D eigenvalue weighted by Crippen LogP contribution is 2.02. The average molecular weight is 451 g/mol. The van der Waals surface area contributed by atoms with Crippen LogP contribution in [0.5, 0.6) is 0 Å². The van der Waals surface area contributed by atoms with Gasteiger partial charge in [0.1, 0.15) is 0 Å². The molecule has 1 aromatic rings. The van der Waals surface area contributed by atoms with E-state index in [1.54, 1.807) is 7.05 Å². The van der Waals surface area contributed by atoms with Gasteiger partial charge in [0, 0.05) is 45.6 Å². The maximum atomic E-state index is 5.56. The summed E-state index contributed by atoms with van der Waals surface area (Å²) < 4.78 is 7.62. The molecule has 1 aromatic heterocycles. The first kappa shape index (κ1) is 23.2. The van der Waals surface area contributed by atoms with Gasteiger partial charge in [0.25, 0.3) is 0 Å². The molecule has 0 aromatic carbocycles. The zero-order valence-corrected chi connectivity index (χ0v) is 18.1. The predicted molar refractivity (Wildman–Crippen MR) is 111 cm³/mol. The number of halogens is 1. The van der Waals surface area contributed by atoms with Gasteiger partial charge in [0.2, 0.25) is 0 Å². The van der Waals surface area contributed by atoms with E-state index < -0.39 is 0 Å². The molecule has 0 aliphatic heterocycles. The third kappa shape index (κ3) is 10.1. The normalized spacial score (nSPS) is 11.5. The van der Waals surface area contributed by atoms with Gasteiger partial charge in [0.15, 0.2) is 5.96 Å². The molecule has 0 saturated heterocycles. The molecule has 7 heteroatoms. The molecular formula is C17H34IN5O. The molecule has 0 aliphatic rings. The SMILES string of the molecule is CN=C(NCCCOCC(C)C)NCCCn1nc(C)cc1C.I. The Kier molecular flexibility index (Phi) is 13.0. The summed E-state index contributed by atoms with van der Waals surface area (Å²) in [6, 6.07) is 2.11. The van der Waals surface area contributed by atoms with Gasteiger partial charge in [-0.05, 0) is 38.7 Å². The van der Waals surface area contributed by atoms with Crippen LogP contribution in [0.4, 0.5) is 0 Å². The van der Waals surface area contributed by atoms with Crippen molar-refractivity contribution in [3.8, 4) is 0 Å². The third-order valence-electron chi connectivity index (χ3n) is 3.38. The minimum atomic E-state index is 0. The van der Waals surface area contributed by atoms with Gasteiger partial charge >= 0.3 is 0 Å². The molecule has 0 fully saturated rings. The lowest BCUT2D eigenvalue weighted by molar-refractivity contribution is 0.108. The fraction of sp³-hybridized carbons (Fsp3) is 0.765. The quantitative estimate of drug-likeness (QED) is 0.249.